The van der Waals surface area contributed by atoms with Crippen molar-refractivity contribution >= 4 is 39.5 Å². The highest BCUT2D eigenvalue weighted by atomic mass is 79.9. The van der Waals surface area contributed by atoms with Gasteiger partial charge in [-0.1, -0.05) is 15.9 Å². The van der Waals surface area contributed by atoms with E-state index in [1.165, 1.54) is 18.2 Å². The van der Waals surface area contributed by atoms with Crippen LogP contribution in [0.3, 0.4) is 0 Å². The smallest absolute Gasteiger partial charge is 0.335 e. The lowest BCUT2D eigenvalue weighted by molar-refractivity contribution is -0.138. The summed E-state index contributed by atoms with van der Waals surface area (Å²) in [6.45, 7) is 0. The number of carboxylic acid groups (broad SMARTS) is 2. The summed E-state index contributed by atoms with van der Waals surface area (Å²) in [6.07, 6.45) is -0.508. The molecule has 0 fully saturated rings. The van der Waals surface area contributed by atoms with Gasteiger partial charge < -0.3 is 21.3 Å². The van der Waals surface area contributed by atoms with Crippen molar-refractivity contribution in [3.63, 3.8) is 0 Å². The fourth-order valence-electron chi connectivity index (χ4n) is 1.30. The number of carbonyl (C=O) groups excluding carboxylic acids is 1. The predicted molar refractivity (Wildman–Crippen MR) is 70.0 cm³/mol. The third-order valence-electron chi connectivity index (χ3n) is 2.14. The summed E-state index contributed by atoms with van der Waals surface area (Å²) in [5.74, 6) is -3.04. The number of aliphatic carboxylic acids is 1. The van der Waals surface area contributed by atoms with E-state index in [1.807, 2.05) is 0 Å². The highest BCUT2D eigenvalue weighted by molar-refractivity contribution is 9.10. The molecular weight excluding hydrogens is 320 g/mol. The zero-order chi connectivity index (χ0) is 14.6. The topological polar surface area (TPSA) is 130 Å². The van der Waals surface area contributed by atoms with Gasteiger partial charge in [-0.05, 0) is 18.2 Å². The Labute approximate surface area is 116 Å². The van der Waals surface area contributed by atoms with Crippen LogP contribution in [0.5, 0.6) is 0 Å². The number of benzene rings is 1. The van der Waals surface area contributed by atoms with Crippen molar-refractivity contribution in [3.05, 3.63) is 28.2 Å². The molecule has 0 aliphatic rings. The summed E-state index contributed by atoms with van der Waals surface area (Å²) in [4.78, 5) is 32.8. The van der Waals surface area contributed by atoms with Gasteiger partial charge in [-0.3, -0.25) is 9.59 Å². The van der Waals surface area contributed by atoms with Gasteiger partial charge in [0.2, 0.25) is 5.91 Å². The van der Waals surface area contributed by atoms with Crippen LogP contribution in [-0.4, -0.2) is 34.1 Å². The SMILES string of the molecule is NC(CC(=O)O)C(=O)Nc1cc(Br)cc(C(=O)O)c1. The number of rotatable bonds is 5. The second-order valence-electron chi connectivity index (χ2n) is 3.73. The first kappa shape index (κ1) is 15.1. The number of hydrogen-bond acceptors (Lipinski definition) is 4. The minimum atomic E-state index is -1.20. The van der Waals surface area contributed by atoms with Crippen molar-refractivity contribution < 1.29 is 24.6 Å². The second-order valence-corrected chi connectivity index (χ2v) is 4.64. The third kappa shape index (κ3) is 4.68. The number of anilines is 1. The van der Waals surface area contributed by atoms with Crippen LogP contribution in [0.1, 0.15) is 16.8 Å². The van der Waals surface area contributed by atoms with Crippen molar-refractivity contribution in [2.75, 3.05) is 5.32 Å². The Morgan fingerprint density at radius 3 is 2.42 bits per heavy atom. The molecule has 1 rings (SSSR count). The van der Waals surface area contributed by atoms with Crippen LogP contribution in [0.25, 0.3) is 0 Å². The minimum absolute atomic E-state index is 0.0171. The summed E-state index contributed by atoms with van der Waals surface area (Å²) in [5.41, 5.74) is 5.58. The Bertz CT molecular complexity index is 532. The average Bonchev–Trinajstić information content (AvgIpc) is 2.26. The van der Waals surface area contributed by atoms with Crippen LogP contribution < -0.4 is 11.1 Å². The van der Waals surface area contributed by atoms with Crippen molar-refractivity contribution in [1.82, 2.24) is 0 Å². The Morgan fingerprint density at radius 1 is 1.26 bits per heavy atom. The number of nitrogens with two attached hydrogens (primary N) is 1. The Kier molecular flexibility index (Phi) is 5.02. The van der Waals surface area contributed by atoms with Crippen molar-refractivity contribution in [1.29, 1.82) is 0 Å². The molecule has 0 spiro atoms. The van der Waals surface area contributed by atoms with Crippen LogP contribution >= 0.6 is 15.9 Å². The van der Waals surface area contributed by atoms with E-state index in [0.717, 1.165) is 0 Å². The van der Waals surface area contributed by atoms with Gasteiger partial charge in [0.25, 0.3) is 0 Å². The van der Waals surface area contributed by atoms with Gasteiger partial charge in [0.15, 0.2) is 0 Å². The van der Waals surface area contributed by atoms with E-state index in [4.69, 9.17) is 15.9 Å². The molecule has 0 aliphatic carbocycles. The molecule has 1 atom stereocenters. The third-order valence-corrected chi connectivity index (χ3v) is 2.60. The van der Waals surface area contributed by atoms with E-state index >= 15 is 0 Å². The zero-order valence-electron chi connectivity index (χ0n) is 9.59. The van der Waals surface area contributed by atoms with Crippen LogP contribution in [0, 0.1) is 0 Å². The van der Waals surface area contributed by atoms with Gasteiger partial charge in [0, 0.05) is 10.2 Å². The van der Waals surface area contributed by atoms with E-state index in [1.54, 1.807) is 0 Å². The molecule has 0 aliphatic heterocycles. The Balaban J connectivity index is 2.84. The lowest BCUT2D eigenvalue weighted by Gasteiger charge is -2.11. The summed E-state index contributed by atoms with van der Waals surface area (Å²) in [7, 11) is 0. The lowest BCUT2D eigenvalue weighted by Crippen LogP contribution is -2.37. The van der Waals surface area contributed by atoms with Gasteiger partial charge in [-0.15, -0.1) is 0 Å². The first-order valence-electron chi connectivity index (χ1n) is 5.11. The van der Waals surface area contributed by atoms with Crippen LogP contribution in [0.15, 0.2) is 22.7 Å². The molecule has 0 saturated heterocycles. The molecule has 0 bridgehead atoms. The normalized spacial score (nSPS) is 11.7. The molecule has 0 radical (unpaired) electrons. The van der Waals surface area contributed by atoms with Gasteiger partial charge in [-0.25, -0.2) is 4.79 Å². The van der Waals surface area contributed by atoms with Gasteiger partial charge in [0.1, 0.15) is 0 Å². The summed E-state index contributed by atoms with van der Waals surface area (Å²) < 4.78 is 0.467. The number of amides is 1. The molecule has 1 aromatic rings. The molecular formula is C11H11BrN2O5. The summed E-state index contributed by atoms with van der Waals surface area (Å²) in [6, 6.07) is 2.90. The standard InChI is InChI=1S/C11H11BrN2O5/c12-6-1-5(11(18)19)2-7(3-6)14-10(17)8(13)4-9(15)16/h1-3,8H,4,13H2,(H,14,17)(H,15,16)(H,18,19). The number of nitrogens with one attached hydrogen (secondary N) is 1. The van der Waals surface area contributed by atoms with Gasteiger partial charge in [0.05, 0.1) is 18.0 Å². The lowest BCUT2D eigenvalue weighted by atomic mass is 10.1. The molecule has 7 nitrogen and oxygen atoms in total. The molecule has 0 aromatic heterocycles. The van der Waals surface area contributed by atoms with Crippen LogP contribution in [-0.2, 0) is 9.59 Å². The summed E-state index contributed by atoms with van der Waals surface area (Å²) >= 11 is 3.11. The second kappa shape index (κ2) is 6.30. The highest BCUT2D eigenvalue weighted by Gasteiger charge is 2.17. The fraction of sp³-hybridized carbons (Fsp3) is 0.182. The fourth-order valence-corrected chi connectivity index (χ4v) is 1.79. The molecule has 0 heterocycles. The largest absolute Gasteiger partial charge is 0.481 e. The van der Waals surface area contributed by atoms with Crippen molar-refractivity contribution in [2.45, 2.75) is 12.5 Å². The van der Waals surface area contributed by atoms with Crippen molar-refractivity contribution in [2.24, 2.45) is 5.73 Å². The first-order valence-corrected chi connectivity index (χ1v) is 5.91. The zero-order valence-corrected chi connectivity index (χ0v) is 11.2. The number of carboxylic acids is 2. The molecule has 1 aromatic carbocycles. The molecule has 0 saturated carbocycles. The quantitative estimate of drug-likeness (QED) is 0.634. The van der Waals surface area contributed by atoms with E-state index in [0.29, 0.717) is 4.47 Å². The van der Waals surface area contributed by atoms with E-state index in [9.17, 15) is 14.4 Å². The molecule has 102 valence electrons. The van der Waals surface area contributed by atoms with Gasteiger partial charge in [-0.2, -0.15) is 0 Å². The molecule has 19 heavy (non-hydrogen) atoms. The highest BCUT2D eigenvalue weighted by Crippen LogP contribution is 2.20. The van der Waals surface area contributed by atoms with Crippen molar-refractivity contribution in [3.8, 4) is 0 Å². The van der Waals surface area contributed by atoms with Crippen LogP contribution in [0.4, 0.5) is 5.69 Å². The average molecular weight is 331 g/mol. The Morgan fingerprint density at radius 2 is 1.89 bits per heavy atom. The van der Waals surface area contributed by atoms with Gasteiger partial charge >= 0.3 is 11.9 Å². The monoisotopic (exact) mass is 330 g/mol. The van der Waals surface area contributed by atoms with E-state index < -0.39 is 30.3 Å². The first-order chi connectivity index (χ1) is 8.79. The summed E-state index contributed by atoms with van der Waals surface area (Å²) in [5, 5.41) is 19.7. The molecule has 8 heteroatoms. The maximum absolute atomic E-state index is 11.6. The maximum Gasteiger partial charge on any atom is 0.335 e. The minimum Gasteiger partial charge on any atom is -0.481 e. The number of hydrogen-bond donors (Lipinski definition) is 4. The molecule has 5 N–H and O–H groups in total. The maximum atomic E-state index is 11.6. The number of carbonyl (C=O) groups is 3. The van der Waals surface area contributed by atoms with E-state index in [2.05, 4.69) is 21.2 Å². The number of halogens is 1. The molecule has 1 amide bonds. The number of aromatic carboxylic acids is 1. The predicted octanol–water partition coefficient (Wildman–Crippen LogP) is 0.888. The van der Waals surface area contributed by atoms with E-state index in [-0.39, 0.29) is 11.3 Å². The molecule has 1 unspecified atom stereocenters. The van der Waals surface area contributed by atoms with Crippen LogP contribution in [0.2, 0.25) is 0 Å². The Hall–Kier alpha value is -1.93.